The second-order valence-electron chi connectivity index (χ2n) is 4.17. The zero-order chi connectivity index (χ0) is 18.5. The van der Waals surface area contributed by atoms with Crippen LogP contribution in [0.5, 0.6) is 0 Å². The lowest BCUT2D eigenvalue weighted by Gasteiger charge is -2.13. The summed E-state index contributed by atoms with van der Waals surface area (Å²) in [5, 5.41) is 0. The van der Waals surface area contributed by atoms with Crippen molar-refractivity contribution in [3.8, 4) is 11.3 Å². The molecule has 0 spiro atoms. The van der Waals surface area contributed by atoms with Crippen molar-refractivity contribution in [1.29, 1.82) is 0 Å². The average molecular weight is 345 g/mol. The Hall–Kier alpha value is -2.71. The summed E-state index contributed by atoms with van der Waals surface area (Å²) in [5.41, 5.74) is 2.26. The summed E-state index contributed by atoms with van der Waals surface area (Å²) in [6, 6.07) is 2.65. The maximum Gasteiger partial charge on any atom is 0.418 e. The van der Waals surface area contributed by atoms with Gasteiger partial charge in [0.25, 0.3) is 0 Å². The van der Waals surface area contributed by atoms with Gasteiger partial charge in [0, 0.05) is 18.0 Å². The normalized spacial score (nSPS) is 10.6. The fraction of sp³-hybridized carbons (Fsp3) is 0.267. The van der Waals surface area contributed by atoms with E-state index in [9.17, 15) is 22.4 Å². The fourth-order valence-electron chi connectivity index (χ4n) is 1.75. The van der Waals surface area contributed by atoms with Crippen LogP contribution in [0.25, 0.3) is 11.3 Å². The number of halogens is 4. The van der Waals surface area contributed by atoms with Gasteiger partial charge in [0.1, 0.15) is 17.1 Å². The molecular formula is C15H15F4N3O2. The third-order valence-corrected chi connectivity index (χ3v) is 2.77. The highest BCUT2D eigenvalue weighted by molar-refractivity contribution is 5.92. The van der Waals surface area contributed by atoms with E-state index in [1.54, 1.807) is 0 Å². The molecule has 0 unspecified atom stereocenters. The number of nitrogen functional groups attached to an aromatic ring is 1. The van der Waals surface area contributed by atoms with Crippen molar-refractivity contribution in [3.63, 3.8) is 0 Å². The predicted octanol–water partition coefficient (Wildman–Crippen LogP) is 3.70. The Bertz CT molecular complexity index is 716. The molecule has 0 aliphatic heterocycles. The molecule has 2 rings (SSSR count). The largest absolute Gasteiger partial charge is 0.465 e. The maximum atomic E-state index is 14.4. The van der Waals surface area contributed by atoms with Crippen molar-refractivity contribution in [2.45, 2.75) is 20.0 Å². The van der Waals surface area contributed by atoms with Gasteiger partial charge in [0.15, 0.2) is 5.82 Å². The van der Waals surface area contributed by atoms with E-state index >= 15 is 0 Å². The van der Waals surface area contributed by atoms with Gasteiger partial charge in [-0.1, -0.05) is 13.8 Å². The number of anilines is 1. The summed E-state index contributed by atoms with van der Waals surface area (Å²) >= 11 is 0. The van der Waals surface area contributed by atoms with Crippen molar-refractivity contribution >= 4 is 11.8 Å². The first-order valence-electron chi connectivity index (χ1n) is 6.81. The van der Waals surface area contributed by atoms with E-state index < -0.39 is 34.8 Å². The first kappa shape index (κ1) is 19.3. The van der Waals surface area contributed by atoms with Gasteiger partial charge in [-0.05, 0) is 12.1 Å². The molecule has 2 heterocycles. The number of carbonyl (C=O) groups is 1. The van der Waals surface area contributed by atoms with Crippen LogP contribution < -0.4 is 5.73 Å². The van der Waals surface area contributed by atoms with Crippen LogP contribution in [0, 0.1) is 5.82 Å². The Labute approximate surface area is 135 Å². The number of alkyl halides is 3. The molecule has 5 nitrogen and oxygen atoms in total. The molecule has 0 aromatic carbocycles. The number of methoxy groups -OCH3 is 1. The molecule has 2 aromatic heterocycles. The number of nitrogens with two attached hydrogens (primary N) is 1. The molecule has 0 bridgehead atoms. The molecule has 0 aliphatic rings. The van der Waals surface area contributed by atoms with Gasteiger partial charge >= 0.3 is 12.1 Å². The number of nitrogens with zero attached hydrogens (tertiary/aromatic N) is 2. The number of hydrogen-bond acceptors (Lipinski definition) is 5. The van der Waals surface area contributed by atoms with Crippen LogP contribution in [0.15, 0.2) is 24.5 Å². The van der Waals surface area contributed by atoms with Gasteiger partial charge < -0.3 is 10.5 Å². The number of esters is 1. The van der Waals surface area contributed by atoms with E-state index in [0.29, 0.717) is 6.20 Å². The minimum absolute atomic E-state index is 0.0746. The molecular weight excluding hydrogens is 330 g/mol. The molecule has 0 saturated heterocycles. The van der Waals surface area contributed by atoms with Crippen LogP contribution in [0.2, 0.25) is 0 Å². The zero-order valence-corrected chi connectivity index (χ0v) is 13.1. The molecule has 0 fully saturated rings. The topological polar surface area (TPSA) is 78.1 Å². The van der Waals surface area contributed by atoms with E-state index in [4.69, 9.17) is 5.73 Å². The number of carbonyl (C=O) groups excluding carboxylic acids is 1. The van der Waals surface area contributed by atoms with Crippen LogP contribution >= 0.6 is 0 Å². The molecule has 0 amide bonds. The van der Waals surface area contributed by atoms with Crippen LogP contribution in [-0.2, 0) is 10.9 Å². The van der Waals surface area contributed by atoms with Crippen molar-refractivity contribution in [2.75, 3.05) is 12.8 Å². The van der Waals surface area contributed by atoms with Crippen molar-refractivity contribution < 1.29 is 27.1 Å². The highest BCUT2D eigenvalue weighted by Gasteiger charge is 2.39. The van der Waals surface area contributed by atoms with E-state index in [2.05, 4.69) is 14.7 Å². The lowest BCUT2D eigenvalue weighted by molar-refractivity contribution is -0.138. The number of rotatable bonds is 2. The Balaban J connectivity index is 0.00000139. The van der Waals surface area contributed by atoms with Gasteiger partial charge in [-0.2, -0.15) is 13.2 Å². The second kappa shape index (κ2) is 7.71. The monoisotopic (exact) mass is 345 g/mol. The summed E-state index contributed by atoms with van der Waals surface area (Å²) in [6.07, 6.45) is -3.44. The second-order valence-corrected chi connectivity index (χ2v) is 4.17. The summed E-state index contributed by atoms with van der Waals surface area (Å²) in [5.74, 6) is -2.74. The molecule has 24 heavy (non-hydrogen) atoms. The van der Waals surface area contributed by atoms with Crippen molar-refractivity contribution in [2.24, 2.45) is 0 Å². The summed E-state index contributed by atoms with van der Waals surface area (Å²) in [4.78, 5) is 18.6. The van der Waals surface area contributed by atoms with E-state index in [0.717, 1.165) is 13.3 Å². The summed E-state index contributed by atoms with van der Waals surface area (Å²) in [7, 11) is 0.854. The lowest BCUT2D eigenvalue weighted by atomic mass is 10.0. The van der Waals surface area contributed by atoms with Gasteiger partial charge in [-0.25, -0.2) is 14.2 Å². The quantitative estimate of drug-likeness (QED) is 0.663. The third kappa shape index (κ3) is 3.98. The molecule has 0 saturated carbocycles. The Kier molecular flexibility index (Phi) is 6.21. The molecule has 130 valence electrons. The van der Waals surface area contributed by atoms with E-state index in [1.807, 2.05) is 13.8 Å². The van der Waals surface area contributed by atoms with Crippen LogP contribution in [0.3, 0.4) is 0 Å². The molecule has 2 N–H and O–H groups in total. The van der Waals surface area contributed by atoms with Gasteiger partial charge in [0.05, 0.1) is 12.7 Å². The Morgan fingerprint density at radius 2 is 1.79 bits per heavy atom. The van der Waals surface area contributed by atoms with Crippen LogP contribution in [0.1, 0.15) is 29.8 Å². The third-order valence-electron chi connectivity index (χ3n) is 2.77. The SMILES string of the molecule is CC.COC(=O)c1c(C(F)(F)F)cnc(-c2ccc(N)nc2)c1F. The van der Waals surface area contributed by atoms with Gasteiger partial charge in [-0.15, -0.1) is 0 Å². The van der Waals surface area contributed by atoms with Gasteiger partial charge in [0.2, 0.25) is 0 Å². The van der Waals surface area contributed by atoms with Crippen LogP contribution in [0.4, 0.5) is 23.4 Å². The number of pyridine rings is 2. The molecule has 2 aromatic rings. The average Bonchev–Trinajstić information content (AvgIpc) is 2.56. The Morgan fingerprint density at radius 1 is 1.17 bits per heavy atom. The zero-order valence-electron chi connectivity index (χ0n) is 13.1. The predicted molar refractivity (Wildman–Crippen MR) is 79.5 cm³/mol. The lowest BCUT2D eigenvalue weighted by Crippen LogP contribution is -2.18. The van der Waals surface area contributed by atoms with E-state index in [1.165, 1.54) is 12.1 Å². The molecule has 9 heteroatoms. The van der Waals surface area contributed by atoms with Gasteiger partial charge in [-0.3, -0.25) is 4.98 Å². The summed E-state index contributed by atoms with van der Waals surface area (Å²) in [6.45, 7) is 4.00. The first-order chi connectivity index (χ1) is 11.3. The van der Waals surface area contributed by atoms with Crippen LogP contribution in [-0.4, -0.2) is 23.0 Å². The smallest absolute Gasteiger partial charge is 0.418 e. The van der Waals surface area contributed by atoms with Crippen molar-refractivity contribution in [1.82, 2.24) is 9.97 Å². The van der Waals surface area contributed by atoms with Crippen molar-refractivity contribution in [3.05, 3.63) is 41.5 Å². The fourth-order valence-corrected chi connectivity index (χ4v) is 1.75. The first-order valence-corrected chi connectivity index (χ1v) is 6.81. The molecule has 0 aliphatic carbocycles. The Morgan fingerprint density at radius 3 is 2.25 bits per heavy atom. The maximum absolute atomic E-state index is 14.4. The van der Waals surface area contributed by atoms with E-state index in [-0.39, 0.29) is 11.4 Å². The molecule has 0 radical (unpaired) electrons. The molecule has 0 atom stereocenters. The minimum Gasteiger partial charge on any atom is -0.465 e. The number of aromatic nitrogens is 2. The minimum atomic E-state index is -4.95. The number of ether oxygens (including phenoxy) is 1. The highest BCUT2D eigenvalue weighted by Crippen LogP contribution is 2.35. The number of hydrogen-bond donors (Lipinski definition) is 1. The standard InChI is InChI=1S/C13H9F4N3O2.C2H6/c1-22-12(21)9-7(13(15,16)17)5-20-11(10(9)14)6-2-3-8(18)19-4-6;1-2/h2-5H,1H3,(H2,18,19);1-2H3. The highest BCUT2D eigenvalue weighted by atomic mass is 19.4. The summed E-state index contributed by atoms with van der Waals surface area (Å²) < 4.78 is 57.2.